The first kappa shape index (κ1) is 12.0. The van der Waals surface area contributed by atoms with Crippen LogP contribution in [-0.2, 0) is 6.54 Å². The Morgan fingerprint density at radius 1 is 0.947 bits per heavy atom. The van der Waals surface area contributed by atoms with Gasteiger partial charge in [0.15, 0.2) is 0 Å². The van der Waals surface area contributed by atoms with Crippen LogP contribution in [0.5, 0.6) is 0 Å². The summed E-state index contributed by atoms with van der Waals surface area (Å²) in [5.74, 6) is 0.540. The molecule has 1 aromatic heterocycles. The molecule has 0 bridgehead atoms. The Morgan fingerprint density at radius 2 is 1.79 bits per heavy atom. The fraction of sp³-hybridized carbons (Fsp3) is 0.0714. The van der Waals surface area contributed by atoms with E-state index in [4.69, 9.17) is 0 Å². The van der Waals surface area contributed by atoms with E-state index < -0.39 is 0 Å². The number of hydrogen-bond donors (Lipinski definition) is 1. The van der Waals surface area contributed by atoms with Crippen LogP contribution < -0.4 is 5.32 Å². The van der Waals surface area contributed by atoms with Crippen LogP contribution in [0.25, 0.3) is 11.0 Å². The third-order valence-corrected chi connectivity index (χ3v) is 3.19. The number of para-hydroxylation sites is 1. The predicted molar refractivity (Wildman–Crippen MR) is 78.8 cm³/mol. The van der Waals surface area contributed by atoms with Crippen LogP contribution in [0.3, 0.4) is 0 Å². The molecule has 0 amide bonds. The van der Waals surface area contributed by atoms with Crippen LogP contribution in [0.1, 0.15) is 5.56 Å². The highest BCUT2D eigenvalue weighted by atomic mass is 79.9. The van der Waals surface area contributed by atoms with Crippen molar-refractivity contribution in [2.45, 2.75) is 6.54 Å². The SMILES string of the molecule is Brc1cccc(CNc2nnc3ccccc3n2)c1. The summed E-state index contributed by atoms with van der Waals surface area (Å²) >= 11 is 3.45. The van der Waals surface area contributed by atoms with Crippen LogP contribution in [0.4, 0.5) is 5.95 Å². The molecule has 0 saturated carbocycles. The summed E-state index contributed by atoms with van der Waals surface area (Å²) in [6.45, 7) is 0.666. The minimum atomic E-state index is 0.540. The standard InChI is InChI=1S/C14H11BrN4/c15-11-5-3-4-10(8-11)9-16-14-17-12-6-1-2-7-13(12)18-19-14/h1-8H,9H2,(H,16,17,19). The molecule has 19 heavy (non-hydrogen) atoms. The van der Waals surface area contributed by atoms with Crippen LogP contribution in [0.15, 0.2) is 53.0 Å². The summed E-state index contributed by atoms with van der Waals surface area (Å²) in [5, 5.41) is 11.4. The summed E-state index contributed by atoms with van der Waals surface area (Å²) in [4.78, 5) is 4.42. The second-order valence-corrected chi connectivity index (χ2v) is 5.02. The van der Waals surface area contributed by atoms with Crippen LogP contribution >= 0.6 is 15.9 Å². The van der Waals surface area contributed by atoms with Gasteiger partial charge in [0.25, 0.3) is 0 Å². The van der Waals surface area contributed by atoms with Crippen LogP contribution in [0, 0.1) is 0 Å². The van der Waals surface area contributed by atoms with Crippen LogP contribution in [-0.4, -0.2) is 15.2 Å². The lowest BCUT2D eigenvalue weighted by Gasteiger charge is -2.05. The van der Waals surface area contributed by atoms with Gasteiger partial charge in [-0.15, -0.1) is 10.2 Å². The average molecular weight is 315 g/mol. The molecule has 94 valence electrons. The summed E-state index contributed by atoms with van der Waals surface area (Å²) < 4.78 is 1.06. The molecule has 4 nitrogen and oxygen atoms in total. The lowest BCUT2D eigenvalue weighted by atomic mass is 10.2. The lowest BCUT2D eigenvalue weighted by molar-refractivity contribution is 0.984. The van der Waals surface area contributed by atoms with Gasteiger partial charge in [0.1, 0.15) is 5.52 Å². The Hall–Kier alpha value is -2.01. The van der Waals surface area contributed by atoms with E-state index in [1.807, 2.05) is 42.5 Å². The first-order valence-corrected chi connectivity index (χ1v) is 6.68. The molecule has 1 heterocycles. The molecular formula is C14H11BrN4. The molecule has 0 aliphatic heterocycles. The van der Waals surface area contributed by atoms with Gasteiger partial charge in [-0.05, 0) is 29.8 Å². The summed E-state index contributed by atoms with van der Waals surface area (Å²) in [6.07, 6.45) is 0. The van der Waals surface area contributed by atoms with E-state index in [1.165, 1.54) is 0 Å². The first-order valence-electron chi connectivity index (χ1n) is 5.89. The van der Waals surface area contributed by atoms with Gasteiger partial charge in [-0.2, -0.15) is 0 Å². The van der Waals surface area contributed by atoms with Gasteiger partial charge in [0, 0.05) is 11.0 Å². The van der Waals surface area contributed by atoms with Gasteiger partial charge >= 0.3 is 0 Å². The number of nitrogens with one attached hydrogen (secondary N) is 1. The van der Waals surface area contributed by atoms with Crippen molar-refractivity contribution in [2.75, 3.05) is 5.32 Å². The fourth-order valence-corrected chi connectivity index (χ4v) is 2.23. The molecular weight excluding hydrogens is 304 g/mol. The third kappa shape index (κ3) is 2.88. The Labute approximate surface area is 119 Å². The van der Waals surface area contributed by atoms with Crippen molar-refractivity contribution in [3.63, 3.8) is 0 Å². The average Bonchev–Trinajstić information content (AvgIpc) is 2.45. The van der Waals surface area contributed by atoms with Crippen molar-refractivity contribution in [3.8, 4) is 0 Å². The topological polar surface area (TPSA) is 50.7 Å². The molecule has 0 unspecified atom stereocenters. The van der Waals surface area contributed by atoms with E-state index in [9.17, 15) is 0 Å². The quantitative estimate of drug-likeness (QED) is 0.805. The Kier molecular flexibility index (Phi) is 3.37. The van der Waals surface area contributed by atoms with Gasteiger partial charge in [0.05, 0.1) is 5.52 Å². The van der Waals surface area contributed by atoms with Gasteiger partial charge in [-0.1, -0.05) is 40.2 Å². The number of fused-ring (bicyclic) bond motifs is 1. The maximum atomic E-state index is 4.42. The van der Waals surface area contributed by atoms with Crippen molar-refractivity contribution >= 4 is 32.9 Å². The van der Waals surface area contributed by atoms with E-state index >= 15 is 0 Å². The summed E-state index contributed by atoms with van der Waals surface area (Å²) in [6, 6.07) is 15.8. The molecule has 3 aromatic rings. The van der Waals surface area contributed by atoms with Gasteiger partial charge in [0.2, 0.25) is 5.95 Å². The number of anilines is 1. The minimum Gasteiger partial charge on any atom is -0.349 e. The minimum absolute atomic E-state index is 0.540. The van der Waals surface area contributed by atoms with Crippen molar-refractivity contribution in [1.29, 1.82) is 0 Å². The zero-order valence-corrected chi connectivity index (χ0v) is 11.6. The number of hydrogen-bond acceptors (Lipinski definition) is 4. The molecule has 1 N–H and O–H groups in total. The van der Waals surface area contributed by atoms with E-state index in [0.717, 1.165) is 21.1 Å². The second kappa shape index (κ2) is 5.32. The van der Waals surface area contributed by atoms with Gasteiger partial charge in [-0.25, -0.2) is 4.98 Å². The normalized spacial score (nSPS) is 10.6. The number of halogens is 1. The smallest absolute Gasteiger partial charge is 0.243 e. The zero-order valence-electron chi connectivity index (χ0n) is 10.0. The van der Waals surface area contributed by atoms with Gasteiger partial charge in [-0.3, -0.25) is 0 Å². The summed E-state index contributed by atoms with van der Waals surface area (Å²) in [5.41, 5.74) is 2.80. The highest BCUT2D eigenvalue weighted by Gasteiger charge is 2.01. The third-order valence-electron chi connectivity index (χ3n) is 2.70. The highest BCUT2D eigenvalue weighted by Crippen LogP contribution is 2.13. The second-order valence-electron chi connectivity index (χ2n) is 4.11. The lowest BCUT2D eigenvalue weighted by Crippen LogP contribution is -2.04. The molecule has 3 rings (SSSR count). The maximum Gasteiger partial charge on any atom is 0.243 e. The van der Waals surface area contributed by atoms with Crippen LogP contribution in [0.2, 0.25) is 0 Å². The maximum absolute atomic E-state index is 4.42. The zero-order chi connectivity index (χ0) is 13.1. The Morgan fingerprint density at radius 3 is 2.63 bits per heavy atom. The van der Waals surface area contributed by atoms with Crippen molar-refractivity contribution < 1.29 is 0 Å². The molecule has 0 aliphatic rings. The fourth-order valence-electron chi connectivity index (χ4n) is 1.78. The van der Waals surface area contributed by atoms with Crippen molar-refractivity contribution in [2.24, 2.45) is 0 Å². The van der Waals surface area contributed by atoms with E-state index in [-0.39, 0.29) is 0 Å². The number of benzene rings is 2. The van der Waals surface area contributed by atoms with Crippen molar-refractivity contribution in [1.82, 2.24) is 15.2 Å². The molecule has 0 spiro atoms. The van der Waals surface area contributed by atoms with Crippen molar-refractivity contribution in [3.05, 3.63) is 58.6 Å². The molecule has 0 saturated heterocycles. The van der Waals surface area contributed by atoms with E-state index in [2.05, 4.69) is 42.5 Å². The Balaban J connectivity index is 1.78. The largest absolute Gasteiger partial charge is 0.349 e. The Bertz CT molecular complexity index is 714. The first-order chi connectivity index (χ1) is 9.31. The van der Waals surface area contributed by atoms with E-state index in [0.29, 0.717) is 12.5 Å². The van der Waals surface area contributed by atoms with E-state index in [1.54, 1.807) is 0 Å². The van der Waals surface area contributed by atoms with Gasteiger partial charge < -0.3 is 5.32 Å². The molecule has 0 aliphatic carbocycles. The molecule has 5 heteroatoms. The predicted octanol–water partition coefficient (Wildman–Crippen LogP) is 3.40. The molecule has 0 atom stereocenters. The number of aromatic nitrogens is 3. The monoisotopic (exact) mass is 314 g/mol. The highest BCUT2D eigenvalue weighted by molar-refractivity contribution is 9.10. The molecule has 0 radical (unpaired) electrons. The number of nitrogens with zero attached hydrogens (tertiary/aromatic N) is 3. The summed E-state index contributed by atoms with van der Waals surface area (Å²) in [7, 11) is 0. The molecule has 2 aromatic carbocycles. The molecule has 0 fully saturated rings. The number of rotatable bonds is 3.